The van der Waals surface area contributed by atoms with Gasteiger partial charge in [-0.3, -0.25) is 9.59 Å². The molecule has 26 heavy (non-hydrogen) atoms. The number of hydrogen-bond acceptors (Lipinski definition) is 4. The molecule has 5 nitrogen and oxygen atoms in total. The number of fused-ring (bicyclic) bond motifs is 1. The predicted molar refractivity (Wildman–Crippen MR) is 102 cm³/mol. The molecule has 2 aromatic carbocycles. The third kappa shape index (κ3) is 3.60. The minimum atomic E-state index is -0.168. The molecule has 1 saturated carbocycles. The molecule has 2 amide bonds. The van der Waals surface area contributed by atoms with Crippen LogP contribution >= 0.6 is 11.8 Å². The lowest BCUT2D eigenvalue weighted by molar-refractivity contribution is -0.112. The number of anilines is 1. The molecule has 1 aliphatic carbocycles. The fourth-order valence-corrected chi connectivity index (χ4v) is 3.58. The van der Waals surface area contributed by atoms with Gasteiger partial charge in [0, 0.05) is 16.5 Å². The third-order valence-electron chi connectivity index (χ3n) is 4.26. The van der Waals surface area contributed by atoms with Gasteiger partial charge < -0.3 is 15.4 Å². The molecule has 0 radical (unpaired) electrons. The molecular weight excluding hydrogens is 348 g/mol. The second kappa shape index (κ2) is 6.88. The Morgan fingerprint density at radius 1 is 1.23 bits per heavy atom. The Bertz CT molecular complexity index is 902. The molecule has 0 spiro atoms. The van der Waals surface area contributed by atoms with Crippen molar-refractivity contribution in [3.05, 3.63) is 58.5 Å². The molecule has 0 bridgehead atoms. The van der Waals surface area contributed by atoms with E-state index >= 15 is 0 Å². The summed E-state index contributed by atoms with van der Waals surface area (Å²) in [6, 6.07) is 13.2. The summed E-state index contributed by atoms with van der Waals surface area (Å²) in [5.74, 6) is 0.516. The quantitative estimate of drug-likeness (QED) is 0.810. The lowest BCUT2D eigenvalue weighted by Crippen LogP contribution is -2.26. The summed E-state index contributed by atoms with van der Waals surface area (Å²) in [5.41, 5.74) is 2.17. The second-order valence-corrected chi connectivity index (χ2v) is 7.38. The van der Waals surface area contributed by atoms with Gasteiger partial charge in [0.2, 0.25) is 0 Å². The fraction of sp³-hybridized carbons (Fsp3) is 0.200. The molecule has 1 fully saturated rings. The predicted octanol–water partition coefficient (Wildman–Crippen LogP) is 3.67. The van der Waals surface area contributed by atoms with E-state index in [0.29, 0.717) is 22.2 Å². The molecule has 0 unspecified atom stereocenters. The monoisotopic (exact) mass is 366 g/mol. The number of amides is 2. The van der Waals surface area contributed by atoms with E-state index in [-0.39, 0.29) is 11.8 Å². The van der Waals surface area contributed by atoms with Gasteiger partial charge in [-0.2, -0.15) is 0 Å². The first-order valence-electron chi connectivity index (χ1n) is 8.42. The van der Waals surface area contributed by atoms with Gasteiger partial charge in [0.25, 0.3) is 11.8 Å². The van der Waals surface area contributed by atoms with E-state index < -0.39 is 0 Å². The lowest BCUT2D eigenvalue weighted by atomic mass is 10.1. The average Bonchev–Trinajstić information content (AvgIpc) is 3.46. The van der Waals surface area contributed by atoms with Gasteiger partial charge >= 0.3 is 0 Å². The normalized spacial score (nSPS) is 17.4. The number of hydrogen-bond donors (Lipinski definition) is 2. The summed E-state index contributed by atoms with van der Waals surface area (Å²) >= 11 is 1.40. The molecule has 0 aromatic heterocycles. The minimum absolute atomic E-state index is 0.0888. The third-order valence-corrected chi connectivity index (χ3v) is 5.36. The molecule has 1 heterocycles. The van der Waals surface area contributed by atoms with Crippen molar-refractivity contribution in [3.63, 3.8) is 0 Å². The number of rotatable bonds is 4. The van der Waals surface area contributed by atoms with Crippen molar-refractivity contribution in [2.75, 3.05) is 12.4 Å². The maximum atomic E-state index is 12.4. The van der Waals surface area contributed by atoms with Gasteiger partial charge in [-0.25, -0.2) is 0 Å². The van der Waals surface area contributed by atoms with Gasteiger partial charge in [0.15, 0.2) is 0 Å². The SMILES string of the molecule is COc1ccc(/C=C2/Sc3ccc(C(=O)NC4CC4)cc3NC2=O)cc1. The zero-order valence-corrected chi connectivity index (χ0v) is 15.1. The van der Waals surface area contributed by atoms with Crippen molar-refractivity contribution in [3.8, 4) is 5.75 Å². The molecule has 2 N–H and O–H groups in total. The second-order valence-electron chi connectivity index (χ2n) is 6.30. The highest BCUT2D eigenvalue weighted by Crippen LogP contribution is 2.39. The molecule has 0 saturated heterocycles. The summed E-state index contributed by atoms with van der Waals surface area (Å²) in [7, 11) is 1.62. The van der Waals surface area contributed by atoms with Crippen molar-refractivity contribution in [1.29, 1.82) is 0 Å². The number of thioether (sulfide) groups is 1. The van der Waals surface area contributed by atoms with Crippen molar-refractivity contribution >= 4 is 35.3 Å². The smallest absolute Gasteiger partial charge is 0.262 e. The van der Waals surface area contributed by atoms with E-state index in [9.17, 15) is 9.59 Å². The number of carbonyl (C=O) groups excluding carboxylic acids is 2. The van der Waals surface area contributed by atoms with Crippen LogP contribution in [0.25, 0.3) is 6.08 Å². The van der Waals surface area contributed by atoms with Gasteiger partial charge in [-0.1, -0.05) is 23.9 Å². The molecular formula is C20H18N2O3S. The van der Waals surface area contributed by atoms with Crippen LogP contribution in [0, 0.1) is 0 Å². The van der Waals surface area contributed by atoms with Gasteiger partial charge in [0.05, 0.1) is 17.7 Å². The van der Waals surface area contributed by atoms with Crippen LogP contribution in [0.5, 0.6) is 5.75 Å². The van der Waals surface area contributed by atoms with E-state index in [1.165, 1.54) is 11.8 Å². The van der Waals surface area contributed by atoms with E-state index in [4.69, 9.17) is 4.74 Å². The fourth-order valence-electron chi connectivity index (χ4n) is 2.65. The molecule has 2 aliphatic rings. The van der Waals surface area contributed by atoms with Crippen molar-refractivity contribution in [2.45, 2.75) is 23.8 Å². The number of methoxy groups -OCH3 is 1. The molecule has 0 atom stereocenters. The number of benzene rings is 2. The summed E-state index contributed by atoms with van der Waals surface area (Å²) in [6.07, 6.45) is 3.93. The Hall–Kier alpha value is -2.73. The highest BCUT2D eigenvalue weighted by atomic mass is 32.2. The van der Waals surface area contributed by atoms with E-state index in [1.54, 1.807) is 19.2 Å². The van der Waals surface area contributed by atoms with E-state index in [2.05, 4.69) is 10.6 Å². The first-order chi connectivity index (χ1) is 12.6. The summed E-state index contributed by atoms with van der Waals surface area (Å²) in [5, 5.41) is 5.84. The van der Waals surface area contributed by atoms with Crippen LogP contribution in [0.15, 0.2) is 52.3 Å². The Morgan fingerprint density at radius 2 is 2.00 bits per heavy atom. The van der Waals surface area contributed by atoms with Crippen LogP contribution in [-0.2, 0) is 4.79 Å². The standard InChI is InChI=1S/C20H18N2O3S/c1-25-15-7-2-12(3-8-15)10-18-20(24)22-16-11-13(4-9-17(16)26-18)19(23)21-14-5-6-14/h2-4,7-11,14H,5-6H2,1H3,(H,21,23)(H,22,24)/b18-10+. The lowest BCUT2D eigenvalue weighted by Gasteiger charge is -2.19. The molecule has 4 rings (SSSR count). The van der Waals surface area contributed by atoms with Gasteiger partial charge in [0.1, 0.15) is 5.75 Å². The zero-order chi connectivity index (χ0) is 18.1. The molecule has 6 heteroatoms. The van der Waals surface area contributed by atoms with Gasteiger partial charge in [-0.05, 0) is 54.8 Å². The van der Waals surface area contributed by atoms with Crippen LogP contribution in [0.2, 0.25) is 0 Å². The molecule has 2 aromatic rings. The van der Waals surface area contributed by atoms with Crippen molar-refractivity contribution < 1.29 is 14.3 Å². The summed E-state index contributed by atoms with van der Waals surface area (Å²) < 4.78 is 5.15. The summed E-state index contributed by atoms with van der Waals surface area (Å²) in [4.78, 5) is 26.1. The number of nitrogens with one attached hydrogen (secondary N) is 2. The van der Waals surface area contributed by atoms with E-state index in [1.807, 2.05) is 36.4 Å². The highest BCUT2D eigenvalue weighted by molar-refractivity contribution is 8.04. The number of carbonyl (C=O) groups is 2. The maximum absolute atomic E-state index is 12.4. The Balaban J connectivity index is 1.54. The Morgan fingerprint density at radius 3 is 2.69 bits per heavy atom. The molecule has 1 aliphatic heterocycles. The topological polar surface area (TPSA) is 67.4 Å². The van der Waals surface area contributed by atoms with Crippen molar-refractivity contribution in [2.24, 2.45) is 0 Å². The van der Waals surface area contributed by atoms with Gasteiger partial charge in [-0.15, -0.1) is 0 Å². The van der Waals surface area contributed by atoms with Crippen LogP contribution in [-0.4, -0.2) is 25.0 Å². The number of ether oxygens (including phenoxy) is 1. The Kier molecular flexibility index (Phi) is 4.42. The Labute approximate surface area is 155 Å². The minimum Gasteiger partial charge on any atom is -0.497 e. The zero-order valence-electron chi connectivity index (χ0n) is 14.2. The highest BCUT2D eigenvalue weighted by Gasteiger charge is 2.25. The van der Waals surface area contributed by atoms with E-state index in [0.717, 1.165) is 29.1 Å². The first-order valence-corrected chi connectivity index (χ1v) is 9.24. The van der Waals surface area contributed by atoms with Crippen LogP contribution in [0.1, 0.15) is 28.8 Å². The average molecular weight is 366 g/mol. The largest absolute Gasteiger partial charge is 0.497 e. The van der Waals surface area contributed by atoms with Crippen LogP contribution in [0.4, 0.5) is 5.69 Å². The van der Waals surface area contributed by atoms with Crippen LogP contribution in [0.3, 0.4) is 0 Å². The summed E-state index contributed by atoms with van der Waals surface area (Å²) in [6.45, 7) is 0. The first kappa shape index (κ1) is 16.7. The maximum Gasteiger partial charge on any atom is 0.262 e. The molecule has 132 valence electrons. The van der Waals surface area contributed by atoms with Crippen LogP contribution < -0.4 is 15.4 Å². The van der Waals surface area contributed by atoms with Crippen molar-refractivity contribution in [1.82, 2.24) is 5.32 Å².